The SMILES string of the molecule is [C-]#[N+]c1ccc(N2C(=O)C(C)(C)N(c3ccc(OCC#CC#CCOCCC(=O)C[C@H](C(=O)N4C[C@H](O)C[C@H]4C(=O)NCc4ccc(-c5scnc5C)cc4)C(C)(C)C)cc3)C2=S)cc1C. The summed E-state index contributed by atoms with van der Waals surface area (Å²) in [7, 11) is 0. The van der Waals surface area contributed by atoms with Gasteiger partial charge >= 0.3 is 0 Å². The fourth-order valence-corrected chi connectivity index (χ4v) is 9.23. The molecule has 2 saturated heterocycles. The summed E-state index contributed by atoms with van der Waals surface area (Å²) in [6.45, 7) is 21.0. The number of β-amino-alcohol motifs (C(OH)–C–C–N with tert-alkyl or cyclic N) is 1. The highest BCUT2D eigenvalue weighted by Gasteiger charge is 2.50. The van der Waals surface area contributed by atoms with Crippen LogP contribution in [0.25, 0.3) is 15.3 Å². The highest BCUT2D eigenvalue weighted by molar-refractivity contribution is 7.81. The van der Waals surface area contributed by atoms with Gasteiger partial charge in [0, 0.05) is 49.6 Å². The lowest BCUT2D eigenvalue weighted by molar-refractivity contribution is -0.146. The second-order valence-electron chi connectivity index (χ2n) is 17.8. The van der Waals surface area contributed by atoms with Crippen molar-refractivity contribution in [2.75, 3.05) is 36.2 Å². The zero-order chi connectivity index (χ0) is 47.8. The number of hydrogen-bond acceptors (Lipinski definition) is 10. The maximum absolute atomic E-state index is 14.0. The minimum atomic E-state index is -0.949. The van der Waals surface area contributed by atoms with Crippen LogP contribution >= 0.6 is 23.6 Å². The van der Waals surface area contributed by atoms with Gasteiger partial charge in [0.05, 0.1) is 35.4 Å². The highest BCUT2D eigenvalue weighted by atomic mass is 32.1. The van der Waals surface area contributed by atoms with Crippen molar-refractivity contribution in [2.24, 2.45) is 11.3 Å². The lowest BCUT2D eigenvalue weighted by Crippen LogP contribution is -2.50. The summed E-state index contributed by atoms with van der Waals surface area (Å²) in [6, 6.07) is 19.5. The van der Waals surface area contributed by atoms with Crippen LogP contribution in [0.2, 0.25) is 0 Å². The van der Waals surface area contributed by atoms with Gasteiger partial charge in [-0.3, -0.25) is 24.1 Å². The number of carbonyl (C=O) groups is 4. The Hall–Kier alpha value is -6.41. The van der Waals surface area contributed by atoms with Crippen molar-refractivity contribution in [3.63, 3.8) is 0 Å². The molecule has 0 saturated carbocycles. The van der Waals surface area contributed by atoms with E-state index in [-0.39, 0.29) is 75.7 Å². The Morgan fingerprint density at radius 3 is 2.35 bits per heavy atom. The summed E-state index contributed by atoms with van der Waals surface area (Å²) in [5.41, 5.74) is 5.80. The third kappa shape index (κ3) is 11.5. The van der Waals surface area contributed by atoms with Gasteiger partial charge < -0.3 is 29.7 Å². The highest BCUT2D eigenvalue weighted by Crippen LogP contribution is 2.38. The van der Waals surface area contributed by atoms with E-state index in [1.807, 2.05) is 90.4 Å². The molecule has 2 N–H and O–H groups in total. The van der Waals surface area contributed by atoms with Gasteiger partial charge in [0.15, 0.2) is 10.8 Å². The van der Waals surface area contributed by atoms with Crippen LogP contribution in [0.15, 0.2) is 72.2 Å². The number of nitrogens with one attached hydrogen (secondary N) is 1. The number of amides is 3. The lowest BCUT2D eigenvalue weighted by atomic mass is 9.76. The molecule has 3 heterocycles. The first kappa shape index (κ1) is 49.0. The predicted molar refractivity (Wildman–Crippen MR) is 260 cm³/mol. The van der Waals surface area contributed by atoms with Crippen molar-refractivity contribution < 1.29 is 33.8 Å². The van der Waals surface area contributed by atoms with Crippen molar-refractivity contribution >= 4 is 69.2 Å². The predicted octanol–water partition coefficient (Wildman–Crippen LogP) is 7.59. The van der Waals surface area contributed by atoms with E-state index < -0.39 is 29.0 Å². The Morgan fingerprint density at radius 1 is 1.03 bits per heavy atom. The first-order valence-electron chi connectivity index (χ1n) is 21.6. The van der Waals surface area contributed by atoms with E-state index in [9.17, 15) is 24.3 Å². The smallest absolute Gasteiger partial charge is 0.259 e. The number of nitrogens with zero attached hydrogens (tertiary/aromatic N) is 5. The van der Waals surface area contributed by atoms with Gasteiger partial charge in [-0.15, -0.1) is 11.3 Å². The molecule has 342 valence electrons. The molecule has 0 aliphatic carbocycles. The molecule has 3 amide bonds. The van der Waals surface area contributed by atoms with Crippen molar-refractivity contribution in [1.29, 1.82) is 0 Å². The largest absolute Gasteiger partial charge is 0.481 e. The van der Waals surface area contributed by atoms with Gasteiger partial charge in [-0.2, -0.15) is 0 Å². The fraction of sp³-hybridized carbons (Fsp3) is 0.392. The molecule has 2 aliphatic heterocycles. The van der Waals surface area contributed by atoms with Gasteiger partial charge in [0.25, 0.3) is 5.91 Å². The number of aryl methyl sites for hydroxylation is 2. The number of thiazole rings is 1. The lowest BCUT2D eigenvalue weighted by Gasteiger charge is -2.34. The van der Waals surface area contributed by atoms with Crippen LogP contribution < -0.4 is 19.9 Å². The molecular formula is C51H54N6O7S2. The van der Waals surface area contributed by atoms with E-state index in [1.165, 1.54) is 9.80 Å². The standard InChI is InChI=1S/C51H54N6O7S2/c1-33-27-38(19-22-43(33)52-8)56-48(62)51(6,7)57(49(56)65)37-17-20-41(21-18-37)64-25-12-10-9-11-24-63-26-23-39(58)28-42(50(3,4)5)47(61)55-31-40(59)29-44(55)46(60)53-30-35-13-15-36(16-14-35)45-34(2)54-32-66-45/h13-22,27,32,40,42,44,59H,23-26,28-31H2,1-7H3,(H,53,60)/t40-,42-,44+/m1/s1. The van der Waals surface area contributed by atoms with E-state index in [4.69, 9.17) is 28.3 Å². The maximum Gasteiger partial charge on any atom is 0.259 e. The summed E-state index contributed by atoms with van der Waals surface area (Å²) in [4.78, 5) is 67.8. The first-order chi connectivity index (χ1) is 31.4. The number of aliphatic hydroxyl groups is 1. The molecule has 13 nitrogen and oxygen atoms in total. The zero-order valence-corrected chi connectivity index (χ0v) is 39.9. The number of benzene rings is 3. The number of carbonyl (C=O) groups excluding carboxylic acids is 4. The van der Waals surface area contributed by atoms with Crippen LogP contribution in [0.1, 0.15) is 70.7 Å². The number of ether oxygens (including phenoxy) is 2. The van der Waals surface area contributed by atoms with Crippen molar-refractivity contribution in [1.82, 2.24) is 15.2 Å². The molecule has 0 bridgehead atoms. The summed E-state index contributed by atoms with van der Waals surface area (Å²) in [5.74, 6) is 9.95. The van der Waals surface area contributed by atoms with E-state index in [0.29, 0.717) is 22.2 Å². The molecule has 4 aromatic rings. The zero-order valence-electron chi connectivity index (χ0n) is 38.3. The number of rotatable bonds is 15. The van der Waals surface area contributed by atoms with Crippen LogP contribution in [0.5, 0.6) is 5.75 Å². The molecule has 15 heteroatoms. The fourth-order valence-electron chi connectivity index (χ4n) is 7.90. The van der Waals surface area contributed by atoms with Gasteiger partial charge in [0.1, 0.15) is 36.3 Å². The molecule has 0 unspecified atom stereocenters. The minimum Gasteiger partial charge on any atom is -0.481 e. The Labute approximate surface area is 396 Å². The average molecular weight is 927 g/mol. The van der Waals surface area contributed by atoms with Crippen molar-refractivity contribution in [2.45, 2.75) is 92.0 Å². The normalized spacial score (nSPS) is 17.0. The number of thiocarbonyl (C=S) groups is 1. The van der Waals surface area contributed by atoms with Crippen LogP contribution in [0.4, 0.5) is 17.1 Å². The summed E-state index contributed by atoms with van der Waals surface area (Å²) in [6.07, 6.45) is -0.674. The van der Waals surface area contributed by atoms with Crippen LogP contribution in [0.3, 0.4) is 0 Å². The van der Waals surface area contributed by atoms with Crippen LogP contribution in [-0.4, -0.2) is 87.7 Å². The molecule has 0 spiro atoms. The molecule has 3 atom stereocenters. The molecule has 0 radical (unpaired) electrons. The van der Waals surface area contributed by atoms with Crippen molar-refractivity contribution in [3.05, 3.63) is 100 Å². The number of likely N-dealkylation sites (tertiary alicyclic amines) is 1. The van der Waals surface area contributed by atoms with E-state index in [1.54, 1.807) is 46.6 Å². The first-order valence-corrected chi connectivity index (χ1v) is 22.9. The van der Waals surface area contributed by atoms with Crippen molar-refractivity contribution in [3.8, 4) is 39.9 Å². The minimum absolute atomic E-state index is 0.0185. The monoisotopic (exact) mass is 926 g/mol. The van der Waals surface area contributed by atoms with E-state index in [2.05, 4.69) is 38.8 Å². The molecule has 66 heavy (non-hydrogen) atoms. The average Bonchev–Trinajstić information content (AvgIpc) is 3.94. The number of aliphatic hydroxyl groups excluding tert-OH is 1. The number of Topliss-reactive ketones (excluding diaryl/α,β-unsaturated/α-hetero) is 1. The molecule has 2 aliphatic rings. The Balaban J connectivity index is 0.922. The third-order valence-corrected chi connectivity index (χ3v) is 13.0. The topological polar surface area (TPSA) is 146 Å². The van der Waals surface area contributed by atoms with Gasteiger partial charge in [0.2, 0.25) is 11.8 Å². The summed E-state index contributed by atoms with van der Waals surface area (Å²) in [5, 5.41) is 13.8. The molecule has 2 fully saturated rings. The summed E-state index contributed by atoms with van der Waals surface area (Å²) < 4.78 is 11.3. The van der Waals surface area contributed by atoms with Gasteiger partial charge in [-0.25, -0.2) is 9.83 Å². The Morgan fingerprint density at radius 2 is 1.71 bits per heavy atom. The number of hydrogen-bond donors (Lipinski definition) is 2. The van der Waals surface area contributed by atoms with E-state index >= 15 is 0 Å². The quantitative estimate of drug-likeness (QED) is 0.0530. The Bertz CT molecular complexity index is 2640. The molecule has 1 aromatic heterocycles. The van der Waals surface area contributed by atoms with E-state index in [0.717, 1.165) is 32.9 Å². The third-order valence-electron chi connectivity index (χ3n) is 11.6. The Kier molecular flexibility index (Phi) is 15.8. The second-order valence-corrected chi connectivity index (χ2v) is 19.0. The van der Waals surface area contributed by atoms with Crippen LogP contribution in [-0.2, 0) is 30.5 Å². The molecule has 3 aromatic carbocycles. The second kappa shape index (κ2) is 21.3. The molecular weight excluding hydrogens is 873 g/mol. The maximum atomic E-state index is 14.0. The number of aromatic nitrogens is 1. The molecule has 6 rings (SSSR count). The van der Waals surface area contributed by atoms with Gasteiger partial charge in [-0.1, -0.05) is 57.0 Å². The van der Waals surface area contributed by atoms with Gasteiger partial charge in [-0.05, 0) is 116 Å². The van der Waals surface area contributed by atoms with Crippen LogP contribution in [0, 0.1) is 55.4 Å². The number of anilines is 2. The summed E-state index contributed by atoms with van der Waals surface area (Å²) >= 11 is 7.36. The number of ketones is 1.